The van der Waals surface area contributed by atoms with Crippen molar-refractivity contribution in [2.45, 2.75) is 18.6 Å². The van der Waals surface area contributed by atoms with Crippen molar-refractivity contribution in [1.82, 2.24) is 5.32 Å². The predicted molar refractivity (Wildman–Crippen MR) is 85.4 cm³/mol. The second kappa shape index (κ2) is 8.74. The van der Waals surface area contributed by atoms with E-state index in [4.69, 9.17) is 28.9 Å². The smallest absolute Gasteiger partial charge is 0.237 e. The Morgan fingerprint density at radius 3 is 2.55 bits per heavy atom. The fourth-order valence-corrected chi connectivity index (χ4v) is 2.62. The average Bonchev–Trinajstić information content (AvgIpc) is 2.40. The molecular weight excluding hydrogens is 319 g/mol. The molecule has 0 aliphatic rings. The van der Waals surface area contributed by atoms with Gasteiger partial charge in [0.2, 0.25) is 5.91 Å². The van der Waals surface area contributed by atoms with Gasteiger partial charge in [0.15, 0.2) is 0 Å². The summed E-state index contributed by atoms with van der Waals surface area (Å²) in [5.41, 5.74) is 6.28. The molecule has 1 rings (SSSR count). The Hall–Kier alpha value is -0.460. The van der Waals surface area contributed by atoms with E-state index in [1.165, 1.54) is 0 Å². The van der Waals surface area contributed by atoms with Gasteiger partial charge in [-0.25, -0.2) is 0 Å². The van der Waals surface area contributed by atoms with Crippen molar-refractivity contribution in [3.63, 3.8) is 0 Å². The minimum Gasteiger partial charge on any atom is -0.387 e. The third-order valence-electron chi connectivity index (χ3n) is 2.71. The van der Waals surface area contributed by atoms with Crippen LogP contribution in [0.5, 0.6) is 0 Å². The van der Waals surface area contributed by atoms with Gasteiger partial charge < -0.3 is 16.2 Å². The van der Waals surface area contributed by atoms with Crippen LogP contribution in [-0.4, -0.2) is 35.6 Å². The standard InChI is InChI=1S/C13H18Cl2N2O2S/c1-20-3-2-11(16)13(19)17-7-12(18)8-4-9(14)6-10(15)5-8/h4-6,11-12,18H,2-3,7,16H2,1H3,(H,17,19)/t11-,12?/m0/s1. The number of hydrogen-bond acceptors (Lipinski definition) is 4. The zero-order chi connectivity index (χ0) is 15.1. The molecule has 0 bridgehead atoms. The molecule has 0 heterocycles. The molecule has 0 saturated heterocycles. The Morgan fingerprint density at radius 1 is 1.40 bits per heavy atom. The predicted octanol–water partition coefficient (Wildman–Crippen LogP) is 2.22. The van der Waals surface area contributed by atoms with Crippen LogP contribution in [0.25, 0.3) is 0 Å². The van der Waals surface area contributed by atoms with Crippen molar-refractivity contribution in [3.8, 4) is 0 Å². The number of benzene rings is 1. The van der Waals surface area contributed by atoms with Gasteiger partial charge in [-0.3, -0.25) is 4.79 Å². The lowest BCUT2D eigenvalue weighted by molar-refractivity contribution is -0.122. The molecule has 0 spiro atoms. The highest BCUT2D eigenvalue weighted by Gasteiger charge is 2.15. The Balaban J connectivity index is 2.50. The van der Waals surface area contributed by atoms with E-state index < -0.39 is 12.1 Å². The summed E-state index contributed by atoms with van der Waals surface area (Å²) >= 11 is 13.4. The summed E-state index contributed by atoms with van der Waals surface area (Å²) in [6, 6.07) is 4.24. The van der Waals surface area contributed by atoms with Crippen molar-refractivity contribution < 1.29 is 9.90 Å². The largest absolute Gasteiger partial charge is 0.387 e. The minimum absolute atomic E-state index is 0.0719. The van der Waals surface area contributed by atoms with E-state index in [9.17, 15) is 9.90 Å². The summed E-state index contributed by atoms with van der Waals surface area (Å²) in [4.78, 5) is 11.7. The van der Waals surface area contributed by atoms with Crippen LogP contribution >= 0.6 is 35.0 Å². The highest BCUT2D eigenvalue weighted by Crippen LogP contribution is 2.23. The van der Waals surface area contributed by atoms with E-state index >= 15 is 0 Å². The van der Waals surface area contributed by atoms with E-state index in [-0.39, 0.29) is 12.5 Å². The SMILES string of the molecule is CSCC[C@H](N)C(=O)NCC(O)c1cc(Cl)cc(Cl)c1. The van der Waals surface area contributed by atoms with Crippen LogP contribution in [0, 0.1) is 0 Å². The number of hydrogen-bond donors (Lipinski definition) is 3. The van der Waals surface area contributed by atoms with Gasteiger partial charge in [-0.05, 0) is 42.2 Å². The maximum Gasteiger partial charge on any atom is 0.237 e. The second-order valence-corrected chi connectivity index (χ2v) is 6.21. The number of nitrogens with one attached hydrogen (secondary N) is 1. The molecule has 7 heteroatoms. The molecule has 0 aromatic heterocycles. The summed E-state index contributed by atoms with van der Waals surface area (Å²) in [6.45, 7) is 0.0719. The first-order chi connectivity index (χ1) is 9.43. The number of aliphatic hydroxyl groups excluding tert-OH is 1. The molecule has 4 nitrogen and oxygen atoms in total. The highest BCUT2D eigenvalue weighted by molar-refractivity contribution is 7.98. The Bertz CT molecular complexity index is 440. The van der Waals surface area contributed by atoms with Gasteiger partial charge in [-0.15, -0.1) is 0 Å². The van der Waals surface area contributed by atoms with Crippen LogP contribution in [-0.2, 0) is 4.79 Å². The molecule has 0 aliphatic heterocycles. The maximum absolute atomic E-state index is 11.7. The number of carbonyl (C=O) groups excluding carboxylic acids is 1. The van der Waals surface area contributed by atoms with Crippen LogP contribution < -0.4 is 11.1 Å². The van der Waals surface area contributed by atoms with Gasteiger partial charge in [-0.1, -0.05) is 23.2 Å². The van der Waals surface area contributed by atoms with Gasteiger partial charge in [0.05, 0.1) is 12.1 Å². The molecular formula is C13H18Cl2N2O2S. The molecule has 0 saturated carbocycles. The summed E-state index contributed by atoms with van der Waals surface area (Å²) in [5.74, 6) is 0.548. The van der Waals surface area contributed by atoms with Gasteiger partial charge in [0.1, 0.15) is 0 Å². The summed E-state index contributed by atoms with van der Waals surface area (Å²) in [7, 11) is 0. The van der Waals surface area contributed by atoms with E-state index in [1.807, 2.05) is 6.26 Å². The lowest BCUT2D eigenvalue weighted by atomic mass is 10.1. The lowest BCUT2D eigenvalue weighted by Gasteiger charge is -2.15. The zero-order valence-electron chi connectivity index (χ0n) is 11.1. The van der Waals surface area contributed by atoms with E-state index in [0.29, 0.717) is 22.0 Å². The first kappa shape index (κ1) is 17.6. The Labute approximate surface area is 133 Å². The van der Waals surface area contributed by atoms with Gasteiger partial charge in [-0.2, -0.15) is 11.8 Å². The second-order valence-electron chi connectivity index (χ2n) is 4.35. The molecule has 0 aliphatic carbocycles. The molecule has 0 radical (unpaired) electrons. The Kier molecular flexibility index (Phi) is 7.69. The molecule has 20 heavy (non-hydrogen) atoms. The number of thioether (sulfide) groups is 1. The molecule has 1 aromatic carbocycles. The molecule has 112 valence electrons. The molecule has 4 N–H and O–H groups in total. The zero-order valence-corrected chi connectivity index (χ0v) is 13.4. The number of halogens is 2. The fourth-order valence-electron chi connectivity index (χ4n) is 1.59. The van der Waals surface area contributed by atoms with Crippen molar-refractivity contribution in [1.29, 1.82) is 0 Å². The minimum atomic E-state index is -0.872. The topological polar surface area (TPSA) is 75.4 Å². The number of carbonyl (C=O) groups is 1. The van der Waals surface area contributed by atoms with E-state index in [2.05, 4.69) is 5.32 Å². The molecule has 0 fully saturated rings. The van der Waals surface area contributed by atoms with Crippen LogP contribution in [0.4, 0.5) is 0 Å². The van der Waals surface area contributed by atoms with Crippen molar-refractivity contribution in [2.24, 2.45) is 5.73 Å². The quantitative estimate of drug-likeness (QED) is 0.713. The van der Waals surface area contributed by atoms with Gasteiger partial charge in [0, 0.05) is 16.6 Å². The number of aliphatic hydroxyl groups is 1. The fraction of sp³-hybridized carbons (Fsp3) is 0.462. The molecule has 1 aromatic rings. The van der Waals surface area contributed by atoms with Crippen LogP contribution in [0.2, 0.25) is 10.0 Å². The summed E-state index contributed by atoms with van der Waals surface area (Å²) < 4.78 is 0. The third-order valence-corrected chi connectivity index (χ3v) is 3.79. The number of amides is 1. The van der Waals surface area contributed by atoms with Crippen molar-refractivity contribution >= 4 is 40.9 Å². The van der Waals surface area contributed by atoms with Crippen LogP contribution in [0.15, 0.2) is 18.2 Å². The molecule has 2 atom stereocenters. The van der Waals surface area contributed by atoms with Gasteiger partial charge in [0.25, 0.3) is 0 Å². The summed E-state index contributed by atoms with van der Waals surface area (Å²) in [6.07, 6.45) is 1.69. The first-order valence-electron chi connectivity index (χ1n) is 6.10. The summed E-state index contributed by atoms with van der Waals surface area (Å²) in [5, 5.41) is 13.5. The molecule has 1 unspecified atom stereocenters. The van der Waals surface area contributed by atoms with Crippen molar-refractivity contribution in [3.05, 3.63) is 33.8 Å². The van der Waals surface area contributed by atoms with Gasteiger partial charge >= 0.3 is 0 Å². The van der Waals surface area contributed by atoms with Crippen molar-refractivity contribution in [2.75, 3.05) is 18.6 Å². The normalized spacial score (nSPS) is 13.8. The molecule has 1 amide bonds. The number of nitrogens with two attached hydrogens (primary N) is 1. The third kappa shape index (κ3) is 5.89. The highest BCUT2D eigenvalue weighted by atomic mass is 35.5. The maximum atomic E-state index is 11.7. The van der Waals surface area contributed by atoms with E-state index in [1.54, 1.807) is 30.0 Å². The first-order valence-corrected chi connectivity index (χ1v) is 8.25. The monoisotopic (exact) mass is 336 g/mol. The van der Waals surface area contributed by atoms with Crippen LogP contribution in [0.3, 0.4) is 0 Å². The van der Waals surface area contributed by atoms with E-state index in [0.717, 1.165) is 5.75 Å². The Morgan fingerprint density at radius 2 is 2.00 bits per heavy atom. The lowest BCUT2D eigenvalue weighted by Crippen LogP contribution is -2.42. The van der Waals surface area contributed by atoms with Crippen LogP contribution in [0.1, 0.15) is 18.1 Å². The average molecular weight is 337 g/mol. The number of rotatable bonds is 7.